The number of hydrogen-bond donors (Lipinski definition) is 2. The SMILES string of the molecule is CCCCSc1nc2n(n1)C(c1cc(OC)ccc1OC)C(C(=O)Nc1ccccc1OCC)=C(C)N2. The van der Waals surface area contributed by atoms with Crippen LogP contribution in [0.5, 0.6) is 17.2 Å². The average molecular weight is 524 g/mol. The number of rotatable bonds is 11. The summed E-state index contributed by atoms with van der Waals surface area (Å²) in [5.74, 6) is 3.06. The normalized spacial score (nSPS) is 14.6. The van der Waals surface area contributed by atoms with Crippen molar-refractivity contribution in [3.05, 3.63) is 59.3 Å². The molecule has 2 heterocycles. The number of anilines is 2. The summed E-state index contributed by atoms with van der Waals surface area (Å²) in [6.07, 6.45) is 2.16. The number of carbonyl (C=O) groups is 1. The summed E-state index contributed by atoms with van der Waals surface area (Å²) in [6.45, 7) is 6.41. The molecule has 0 saturated heterocycles. The molecule has 4 rings (SSSR count). The first kappa shape index (κ1) is 26.4. The summed E-state index contributed by atoms with van der Waals surface area (Å²) in [4.78, 5) is 18.6. The van der Waals surface area contributed by atoms with Crippen LogP contribution in [0.3, 0.4) is 0 Å². The average Bonchev–Trinajstić information content (AvgIpc) is 3.31. The number of unbranched alkanes of at least 4 members (excludes halogenated alkanes) is 1. The number of allylic oxidation sites excluding steroid dienone is 1. The van der Waals surface area contributed by atoms with Crippen LogP contribution in [-0.4, -0.2) is 47.3 Å². The topological polar surface area (TPSA) is 99.5 Å². The minimum Gasteiger partial charge on any atom is -0.497 e. The molecule has 1 atom stereocenters. The maximum absolute atomic E-state index is 13.9. The van der Waals surface area contributed by atoms with Crippen LogP contribution >= 0.6 is 11.8 Å². The molecule has 2 aromatic carbocycles. The molecule has 196 valence electrons. The quantitative estimate of drug-likeness (QED) is 0.251. The van der Waals surface area contributed by atoms with E-state index in [0.717, 1.165) is 24.2 Å². The van der Waals surface area contributed by atoms with Crippen LogP contribution in [0.25, 0.3) is 0 Å². The van der Waals surface area contributed by atoms with E-state index < -0.39 is 6.04 Å². The zero-order chi connectivity index (χ0) is 26.4. The standard InChI is InChI=1S/C27H33N5O4S/c1-6-8-15-37-27-30-26-28-17(3)23(25(33)29-20-11-9-10-12-22(20)36-7-2)24(32(26)31-27)19-16-18(34-4)13-14-21(19)35-5/h9-14,16,24H,6-8,15H2,1-5H3,(H,29,33)(H,28,30,31). The van der Waals surface area contributed by atoms with Crippen molar-refractivity contribution in [2.75, 3.05) is 37.2 Å². The van der Waals surface area contributed by atoms with Gasteiger partial charge in [-0.3, -0.25) is 4.79 Å². The van der Waals surface area contributed by atoms with Gasteiger partial charge in [-0.05, 0) is 50.6 Å². The third-order valence-corrected chi connectivity index (χ3v) is 6.90. The molecule has 1 unspecified atom stereocenters. The number of hydrogen-bond acceptors (Lipinski definition) is 8. The first-order valence-corrected chi connectivity index (χ1v) is 13.3. The monoisotopic (exact) mass is 523 g/mol. The van der Waals surface area contributed by atoms with E-state index in [1.54, 1.807) is 30.7 Å². The van der Waals surface area contributed by atoms with Gasteiger partial charge in [-0.15, -0.1) is 5.10 Å². The first-order valence-electron chi connectivity index (χ1n) is 12.3. The Morgan fingerprint density at radius 3 is 2.68 bits per heavy atom. The van der Waals surface area contributed by atoms with E-state index in [2.05, 4.69) is 17.6 Å². The van der Waals surface area contributed by atoms with Crippen LogP contribution in [0.15, 0.2) is 58.9 Å². The van der Waals surface area contributed by atoms with Crippen molar-refractivity contribution in [1.82, 2.24) is 14.8 Å². The maximum atomic E-state index is 13.9. The van der Waals surface area contributed by atoms with E-state index in [-0.39, 0.29) is 5.91 Å². The van der Waals surface area contributed by atoms with E-state index in [9.17, 15) is 4.79 Å². The first-order chi connectivity index (χ1) is 18.0. The van der Waals surface area contributed by atoms with Gasteiger partial charge in [0.1, 0.15) is 23.3 Å². The second-order valence-corrected chi connectivity index (χ2v) is 9.48. The Kier molecular flexibility index (Phi) is 8.60. The zero-order valence-electron chi connectivity index (χ0n) is 21.8. The molecule has 9 nitrogen and oxygen atoms in total. The number of nitrogens with zero attached hydrogens (tertiary/aromatic N) is 3. The lowest BCUT2D eigenvalue weighted by Crippen LogP contribution is -2.32. The highest BCUT2D eigenvalue weighted by atomic mass is 32.2. The molecule has 2 N–H and O–H groups in total. The fraction of sp³-hybridized carbons (Fsp3) is 0.370. The summed E-state index contributed by atoms with van der Waals surface area (Å²) < 4.78 is 18.7. The summed E-state index contributed by atoms with van der Waals surface area (Å²) in [6, 6.07) is 12.3. The van der Waals surface area contributed by atoms with E-state index in [1.165, 1.54) is 0 Å². The van der Waals surface area contributed by atoms with Crippen molar-refractivity contribution in [3.63, 3.8) is 0 Å². The largest absolute Gasteiger partial charge is 0.497 e. The van der Waals surface area contributed by atoms with Crippen molar-refractivity contribution in [1.29, 1.82) is 0 Å². The number of aromatic nitrogens is 3. The van der Waals surface area contributed by atoms with E-state index >= 15 is 0 Å². The molecule has 37 heavy (non-hydrogen) atoms. The van der Waals surface area contributed by atoms with Crippen molar-refractivity contribution in [2.24, 2.45) is 0 Å². The van der Waals surface area contributed by atoms with Gasteiger partial charge in [0.05, 0.1) is 32.1 Å². The fourth-order valence-corrected chi connectivity index (χ4v) is 5.09. The van der Waals surface area contributed by atoms with E-state index in [4.69, 9.17) is 24.3 Å². The van der Waals surface area contributed by atoms with Gasteiger partial charge in [0.25, 0.3) is 5.91 Å². The maximum Gasteiger partial charge on any atom is 0.255 e. The van der Waals surface area contributed by atoms with Gasteiger partial charge in [-0.25, -0.2) is 4.68 Å². The molecule has 0 fully saturated rings. The van der Waals surface area contributed by atoms with Crippen LogP contribution in [0.2, 0.25) is 0 Å². The fourth-order valence-electron chi connectivity index (χ4n) is 4.18. The number of carbonyl (C=O) groups excluding carboxylic acids is 1. The molecular formula is C27H33N5O4S. The van der Waals surface area contributed by atoms with Gasteiger partial charge in [-0.2, -0.15) is 4.98 Å². The van der Waals surface area contributed by atoms with Crippen molar-refractivity contribution < 1.29 is 19.0 Å². The molecule has 0 bridgehead atoms. The Morgan fingerprint density at radius 2 is 1.95 bits per heavy atom. The molecule has 1 aliphatic rings. The van der Waals surface area contributed by atoms with Gasteiger partial charge < -0.3 is 24.8 Å². The van der Waals surface area contributed by atoms with Gasteiger partial charge in [0, 0.05) is 17.0 Å². The van der Waals surface area contributed by atoms with Crippen LogP contribution in [-0.2, 0) is 4.79 Å². The highest BCUT2D eigenvalue weighted by molar-refractivity contribution is 7.99. The predicted molar refractivity (Wildman–Crippen MR) is 146 cm³/mol. The molecule has 1 amide bonds. The van der Waals surface area contributed by atoms with E-state index in [0.29, 0.717) is 51.9 Å². The Morgan fingerprint density at radius 1 is 1.14 bits per heavy atom. The number of amides is 1. The van der Waals surface area contributed by atoms with Crippen LogP contribution in [0.1, 0.15) is 45.2 Å². The number of benzene rings is 2. The number of methoxy groups -OCH3 is 2. The Hall–Kier alpha value is -3.66. The number of ether oxygens (including phenoxy) is 3. The molecule has 0 aliphatic carbocycles. The number of nitrogens with one attached hydrogen (secondary N) is 2. The highest BCUT2D eigenvalue weighted by Gasteiger charge is 2.36. The lowest BCUT2D eigenvalue weighted by atomic mass is 9.94. The summed E-state index contributed by atoms with van der Waals surface area (Å²) in [5.41, 5.74) is 2.49. The van der Waals surface area contributed by atoms with Gasteiger partial charge in [0.15, 0.2) is 0 Å². The molecular weight excluding hydrogens is 490 g/mol. The zero-order valence-corrected chi connectivity index (χ0v) is 22.6. The van der Waals surface area contributed by atoms with Gasteiger partial charge in [0.2, 0.25) is 11.1 Å². The lowest BCUT2D eigenvalue weighted by molar-refractivity contribution is -0.113. The molecule has 1 aliphatic heterocycles. The molecule has 10 heteroatoms. The molecule has 3 aromatic rings. The molecule has 0 saturated carbocycles. The third kappa shape index (κ3) is 5.69. The Labute approximate surface area is 221 Å². The summed E-state index contributed by atoms with van der Waals surface area (Å²) in [5, 5.41) is 11.8. The smallest absolute Gasteiger partial charge is 0.255 e. The number of para-hydroxylation sites is 2. The van der Waals surface area contributed by atoms with Crippen molar-refractivity contribution in [3.8, 4) is 17.2 Å². The highest BCUT2D eigenvalue weighted by Crippen LogP contribution is 2.42. The predicted octanol–water partition coefficient (Wildman–Crippen LogP) is 5.51. The number of fused-ring (bicyclic) bond motifs is 1. The second kappa shape index (κ2) is 12.1. The number of thioether (sulfide) groups is 1. The Balaban J connectivity index is 1.80. The van der Waals surface area contributed by atoms with E-state index in [1.807, 2.05) is 56.3 Å². The minimum absolute atomic E-state index is 0.284. The molecule has 0 spiro atoms. The van der Waals surface area contributed by atoms with Gasteiger partial charge >= 0.3 is 0 Å². The van der Waals surface area contributed by atoms with Crippen LogP contribution in [0, 0.1) is 0 Å². The lowest BCUT2D eigenvalue weighted by Gasteiger charge is -2.29. The van der Waals surface area contributed by atoms with Crippen LogP contribution in [0.4, 0.5) is 11.6 Å². The summed E-state index contributed by atoms with van der Waals surface area (Å²) in [7, 11) is 3.21. The molecule has 1 aromatic heterocycles. The minimum atomic E-state index is -0.603. The summed E-state index contributed by atoms with van der Waals surface area (Å²) >= 11 is 1.60. The van der Waals surface area contributed by atoms with Crippen LogP contribution < -0.4 is 24.8 Å². The second-order valence-electron chi connectivity index (χ2n) is 8.42. The molecule has 0 radical (unpaired) electrons. The van der Waals surface area contributed by atoms with Crippen molar-refractivity contribution in [2.45, 2.75) is 44.8 Å². The van der Waals surface area contributed by atoms with Gasteiger partial charge in [-0.1, -0.05) is 37.2 Å². The Bertz CT molecular complexity index is 1290. The van der Waals surface area contributed by atoms with Crippen molar-refractivity contribution >= 4 is 29.3 Å². The third-order valence-electron chi connectivity index (χ3n) is 5.97.